The minimum absolute atomic E-state index is 0.0819. The molecule has 3 N–H and O–H groups in total. The third-order valence-electron chi connectivity index (χ3n) is 4.44. The highest BCUT2D eigenvalue weighted by molar-refractivity contribution is 5.94. The lowest BCUT2D eigenvalue weighted by Gasteiger charge is -2.11. The standard InChI is InChI=1S/C21H19N5O/c1-14-11-15(12-23-21(27)16-5-3-2-4-6-16)7-8-17(14)26-13-24-20-18(26)9-10-19(22)25-20/h2-11,13H,12H2,1H3,(H2,22,25)(H,23,27). The third kappa shape index (κ3) is 3.37. The van der Waals surface area contributed by atoms with E-state index in [2.05, 4.69) is 21.4 Å². The molecule has 0 unspecified atom stereocenters. The maximum absolute atomic E-state index is 12.2. The van der Waals surface area contributed by atoms with Crippen molar-refractivity contribution in [2.24, 2.45) is 0 Å². The number of carbonyl (C=O) groups excluding carboxylic acids is 1. The molecule has 27 heavy (non-hydrogen) atoms. The second-order valence-corrected chi connectivity index (χ2v) is 6.36. The van der Waals surface area contributed by atoms with Crippen LogP contribution < -0.4 is 11.1 Å². The maximum atomic E-state index is 12.2. The van der Waals surface area contributed by atoms with Crippen molar-refractivity contribution >= 4 is 22.9 Å². The highest BCUT2D eigenvalue weighted by Gasteiger charge is 2.10. The van der Waals surface area contributed by atoms with Crippen molar-refractivity contribution in [1.29, 1.82) is 0 Å². The number of rotatable bonds is 4. The zero-order valence-corrected chi connectivity index (χ0v) is 14.9. The summed E-state index contributed by atoms with van der Waals surface area (Å²) in [6.07, 6.45) is 1.75. The van der Waals surface area contributed by atoms with Crippen molar-refractivity contribution in [3.63, 3.8) is 0 Å². The molecule has 6 heteroatoms. The molecule has 4 rings (SSSR count). The van der Waals surface area contributed by atoms with Crippen LogP contribution in [0, 0.1) is 6.92 Å². The van der Waals surface area contributed by atoms with Crippen LogP contribution in [0.3, 0.4) is 0 Å². The van der Waals surface area contributed by atoms with Crippen molar-refractivity contribution in [1.82, 2.24) is 19.9 Å². The molecule has 0 aliphatic carbocycles. The van der Waals surface area contributed by atoms with Gasteiger partial charge in [-0.3, -0.25) is 9.36 Å². The lowest BCUT2D eigenvalue weighted by atomic mass is 10.1. The molecule has 0 fully saturated rings. The van der Waals surface area contributed by atoms with E-state index in [4.69, 9.17) is 5.73 Å². The molecule has 134 valence electrons. The number of benzene rings is 2. The number of carbonyl (C=O) groups is 1. The summed E-state index contributed by atoms with van der Waals surface area (Å²) < 4.78 is 1.99. The molecule has 2 heterocycles. The van der Waals surface area contributed by atoms with E-state index in [0.29, 0.717) is 23.6 Å². The second-order valence-electron chi connectivity index (χ2n) is 6.36. The molecule has 4 aromatic rings. The quantitative estimate of drug-likeness (QED) is 0.587. The number of nitrogen functional groups attached to an aromatic ring is 1. The van der Waals surface area contributed by atoms with Crippen LogP contribution in [0.2, 0.25) is 0 Å². The summed E-state index contributed by atoms with van der Waals surface area (Å²) in [7, 11) is 0. The zero-order chi connectivity index (χ0) is 18.8. The topological polar surface area (TPSA) is 85.8 Å². The molecule has 2 aromatic heterocycles. The molecule has 0 radical (unpaired) electrons. The van der Waals surface area contributed by atoms with Crippen LogP contribution in [0.25, 0.3) is 16.9 Å². The molecule has 0 aliphatic rings. The van der Waals surface area contributed by atoms with E-state index in [1.54, 1.807) is 24.5 Å². The highest BCUT2D eigenvalue weighted by Crippen LogP contribution is 2.21. The van der Waals surface area contributed by atoms with Gasteiger partial charge in [0, 0.05) is 12.1 Å². The van der Waals surface area contributed by atoms with Crippen LogP contribution in [-0.4, -0.2) is 20.4 Å². The molecular formula is C21H19N5O. The monoisotopic (exact) mass is 357 g/mol. The number of nitrogens with zero attached hydrogens (tertiary/aromatic N) is 3. The van der Waals surface area contributed by atoms with Crippen LogP contribution in [-0.2, 0) is 6.54 Å². The van der Waals surface area contributed by atoms with Gasteiger partial charge >= 0.3 is 0 Å². The average Bonchev–Trinajstić information content (AvgIpc) is 3.09. The minimum Gasteiger partial charge on any atom is -0.384 e. The SMILES string of the molecule is Cc1cc(CNC(=O)c2ccccc2)ccc1-n1cnc2nc(N)ccc21. The van der Waals surface area contributed by atoms with Crippen molar-refractivity contribution in [2.75, 3.05) is 5.73 Å². The molecular weight excluding hydrogens is 338 g/mol. The van der Waals surface area contributed by atoms with Gasteiger partial charge in [-0.2, -0.15) is 0 Å². The minimum atomic E-state index is -0.0819. The number of nitrogens with one attached hydrogen (secondary N) is 1. The lowest BCUT2D eigenvalue weighted by molar-refractivity contribution is 0.0951. The predicted octanol–water partition coefficient (Wildman–Crippen LogP) is 3.24. The fourth-order valence-electron chi connectivity index (χ4n) is 3.08. The molecule has 2 aromatic carbocycles. The number of hydrogen-bond donors (Lipinski definition) is 2. The first-order chi connectivity index (χ1) is 13.1. The summed E-state index contributed by atoms with van der Waals surface area (Å²) in [4.78, 5) is 20.8. The number of aryl methyl sites for hydroxylation is 1. The fourth-order valence-corrected chi connectivity index (χ4v) is 3.08. The summed E-state index contributed by atoms with van der Waals surface area (Å²) in [5.74, 6) is 0.371. The van der Waals surface area contributed by atoms with E-state index < -0.39 is 0 Å². The Morgan fingerprint density at radius 2 is 1.93 bits per heavy atom. The fraction of sp³-hybridized carbons (Fsp3) is 0.0952. The van der Waals surface area contributed by atoms with E-state index in [-0.39, 0.29) is 5.91 Å². The first-order valence-electron chi connectivity index (χ1n) is 8.64. The van der Waals surface area contributed by atoms with Crippen LogP contribution >= 0.6 is 0 Å². The molecule has 0 saturated carbocycles. The van der Waals surface area contributed by atoms with Gasteiger partial charge in [-0.05, 0) is 48.4 Å². The van der Waals surface area contributed by atoms with E-state index in [1.165, 1.54) is 0 Å². The van der Waals surface area contributed by atoms with Gasteiger partial charge in [0.15, 0.2) is 5.65 Å². The Labute approximate surface area is 156 Å². The Morgan fingerprint density at radius 1 is 1.11 bits per heavy atom. The van der Waals surface area contributed by atoms with Crippen LogP contribution in [0.5, 0.6) is 0 Å². The smallest absolute Gasteiger partial charge is 0.251 e. The number of fused-ring (bicyclic) bond motifs is 1. The number of hydrogen-bond acceptors (Lipinski definition) is 4. The van der Waals surface area contributed by atoms with E-state index in [9.17, 15) is 4.79 Å². The number of nitrogens with two attached hydrogens (primary N) is 1. The lowest BCUT2D eigenvalue weighted by Crippen LogP contribution is -2.22. The Kier molecular flexibility index (Phi) is 4.30. The van der Waals surface area contributed by atoms with Crippen LogP contribution in [0.4, 0.5) is 5.82 Å². The van der Waals surface area contributed by atoms with Gasteiger partial charge in [-0.1, -0.05) is 30.3 Å². The average molecular weight is 357 g/mol. The van der Waals surface area contributed by atoms with Gasteiger partial charge in [-0.15, -0.1) is 0 Å². The van der Waals surface area contributed by atoms with Gasteiger partial charge in [0.25, 0.3) is 5.91 Å². The molecule has 0 aliphatic heterocycles. The van der Waals surface area contributed by atoms with Crippen molar-refractivity contribution in [2.45, 2.75) is 13.5 Å². The molecule has 0 bridgehead atoms. The highest BCUT2D eigenvalue weighted by atomic mass is 16.1. The maximum Gasteiger partial charge on any atom is 0.251 e. The van der Waals surface area contributed by atoms with E-state index >= 15 is 0 Å². The van der Waals surface area contributed by atoms with Crippen molar-refractivity contribution < 1.29 is 4.79 Å². The van der Waals surface area contributed by atoms with Crippen molar-refractivity contribution in [3.05, 3.63) is 83.7 Å². The van der Waals surface area contributed by atoms with Crippen LogP contribution in [0.15, 0.2) is 67.0 Å². The Hall–Kier alpha value is -3.67. The number of pyridine rings is 1. The summed E-state index contributed by atoms with van der Waals surface area (Å²) in [6.45, 7) is 2.51. The van der Waals surface area contributed by atoms with E-state index in [1.807, 2.05) is 47.9 Å². The van der Waals surface area contributed by atoms with Gasteiger partial charge in [-0.25, -0.2) is 9.97 Å². The van der Waals surface area contributed by atoms with Gasteiger partial charge < -0.3 is 11.1 Å². The summed E-state index contributed by atoms with van der Waals surface area (Å²) in [5.41, 5.74) is 11.0. The first kappa shape index (κ1) is 16.8. The summed E-state index contributed by atoms with van der Waals surface area (Å²) in [5, 5.41) is 2.95. The number of imidazole rings is 1. The molecule has 0 atom stereocenters. The number of amides is 1. The van der Waals surface area contributed by atoms with E-state index in [0.717, 1.165) is 22.3 Å². The largest absolute Gasteiger partial charge is 0.384 e. The first-order valence-corrected chi connectivity index (χ1v) is 8.64. The number of anilines is 1. The Balaban J connectivity index is 1.55. The van der Waals surface area contributed by atoms with Gasteiger partial charge in [0.05, 0.1) is 11.2 Å². The summed E-state index contributed by atoms with van der Waals surface area (Å²) >= 11 is 0. The molecule has 0 spiro atoms. The number of aromatic nitrogens is 3. The van der Waals surface area contributed by atoms with Crippen LogP contribution in [0.1, 0.15) is 21.5 Å². The van der Waals surface area contributed by atoms with Gasteiger partial charge in [0.2, 0.25) is 0 Å². The Bertz CT molecular complexity index is 1120. The zero-order valence-electron chi connectivity index (χ0n) is 14.9. The second kappa shape index (κ2) is 6.92. The molecule has 1 amide bonds. The van der Waals surface area contributed by atoms with Gasteiger partial charge in [0.1, 0.15) is 12.1 Å². The Morgan fingerprint density at radius 3 is 2.70 bits per heavy atom. The third-order valence-corrected chi connectivity index (χ3v) is 4.44. The summed E-state index contributed by atoms with van der Waals surface area (Å²) in [6, 6.07) is 19.0. The predicted molar refractivity (Wildman–Crippen MR) is 106 cm³/mol. The molecule has 6 nitrogen and oxygen atoms in total. The normalized spacial score (nSPS) is 10.9. The molecule has 0 saturated heterocycles. The van der Waals surface area contributed by atoms with Crippen molar-refractivity contribution in [3.8, 4) is 5.69 Å².